The molecule has 2 aliphatic rings. The fourth-order valence-electron chi connectivity index (χ4n) is 3.09. The maximum Gasteiger partial charge on any atom is 0.253 e. The number of carbonyl (C=O) groups is 2. The number of anilines is 1. The van der Waals surface area contributed by atoms with Crippen LogP contribution < -0.4 is 14.8 Å². The standard InChI is InChI=1S/C20H20N2O4S/c1-12-19(23)21-15-10-14(4-6-18(15)27-12)20(24)22(2)11-13-3-5-16-17(9-13)26-8-7-25-16/h3-6,9-10,12H,7-8,11H2,1-2H3,(H,21,23)/t12-/m0/s1. The predicted octanol–water partition coefficient (Wildman–Crippen LogP) is 3.16. The molecular formula is C20H20N2O4S. The molecule has 2 heterocycles. The first-order valence-corrected chi connectivity index (χ1v) is 9.65. The number of nitrogens with zero attached hydrogens (tertiary/aromatic N) is 1. The summed E-state index contributed by atoms with van der Waals surface area (Å²) in [6.45, 7) is 3.40. The fourth-order valence-corrected chi connectivity index (χ4v) is 4.02. The van der Waals surface area contributed by atoms with E-state index in [9.17, 15) is 9.59 Å². The number of hydrogen-bond donors (Lipinski definition) is 1. The van der Waals surface area contributed by atoms with E-state index in [2.05, 4.69) is 5.32 Å². The number of ether oxygens (including phenoxy) is 2. The average Bonchev–Trinajstić information content (AvgIpc) is 2.68. The molecule has 0 radical (unpaired) electrons. The Morgan fingerprint density at radius 2 is 1.96 bits per heavy atom. The normalized spacial score (nSPS) is 17.7. The van der Waals surface area contributed by atoms with Gasteiger partial charge in [0.1, 0.15) is 13.2 Å². The minimum atomic E-state index is -0.128. The Morgan fingerprint density at radius 1 is 1.19 bits per heavy atom. The van der Waals surface area contributed by atoms with Crippen molar-refractivity contribution in [2.45, 2.75) is 23.6 Å². The summed E-state index contributed by atoms with van der Waals surface area (Å²) in [6.07, 6.45) is 0. The van der Waals surface area contributed by atoms with E-state index in [0.717, 1.165) is 16.2 Å². The Hall–Kier alpha value is -2.67. The van der Waals surface area contributed by atoms with Crippen molar-refractivity contribution in [3.05, 3.63) is 47.5 Å². The average molecular weight is 384 g/mol. The van der Waals surface area contributed by atoms with Gasteiger partial charge in [0.15, 0.2) is 11.5 Å². The molecule has 6 nitrogen and oxygen atoms in total. The zero-order valence-electron chi connectivity index (χ0n) is 15.2. The Morgan fingerprint density at radius 3 is 2.78 bits per heavy atom. The highest BCUT2D eigenvalue weighted by atomic mass is 32.2. The van der Waals surface area contributed by atoms with Crippen LogP contribution in [0.2, 0.25) is 0 Å². The van der Waals surface area contributed by atoms with Crippen LogP contribution in [-0.4, -0.2) is 42.2 Å². The second-order valence-electron chi connectivity index (χ2n) is 6.60. The van der Waals surface area contributed by atoms with Gasteiger partial charge in [0.2, 0.25) is 5.91 Å². The first kappa shape index (κ1) is 17.7. The summed E-state index contributed by atoms with van der Waals surface area (Å²) >= 11 is 1.50. The van der Waals surface area contributed by atoms with Gasteiger partial charge in [-0.2, -0.15) is 0 Å². The monoisotopic (exact) mass is 384 g/mol. The second-order valence-corrected chi connectivity index (χ2v) is 7.98. The number of carbonyl (C=O) groups excluding carboxylic acids is 2. The van der Waals surface area contributed by atoms with Gasteiger partial charge < -0.3 is 19.7 Å². The molecule has 0 saturated carbocycles. The van der Waals surface area contributed by atoms with E-state index >= 15 is 0 Å². The molecule has 27 heavy (non-hydrogen) atoms. The van der Waals surface area contributed by atoms with Crippen LogP contribution in [0.15, 0.2) is 41.3 Å². The molecule has 2 aromatic carbocycles. The summed E-state index contributed by atoms with van der Waals surface area (Å²) in [7, 11) is 1.76. The molecule has 2 amide bonds. The topological polar surface area (TPSA) is 67.9 Å². The fraction of sp³-hybridized carbons (Fsp3) is 0.300. The molecule has 0 bridgehead atoms. The third-order valence-electron chi connectivity index (χ3n) is 4.53. The van der Waals surface area contributed by atoms with Crippen LogP contribution in [0.1, 0.15) is 22.8 Å². The second kappa shape index (κ2) is 7.15. The van der Waals surface area contributed by atoms with Crippen molar-refractivity contribution in [2.24, 2.45) is 0 Å². The summed E-state index contributed by atoms with van der Waals surface area (Å²) in [5, 5.41) is 2.74. The summed E-state index contributed by atoms with van der Waals surface area (Å²) in [5.41, 5.74) is 2.21. The van der Waals surface area contributed by atoms with E-state index in [1.807, 2.05) is 31.2 Å². The molecule has 0 aliphatic carbocycles. The van der Waals surface area contributed by atoms with Crippen LogP contribution in [0.3, 0.4) is 0 Å². The lowest BCUT2D eigenvalue weighted by Crippen LogP contribution is -2.28. The molecule has 0 aromatic heterocycles. The third-order valence-corrected chi connectivity index (χ3v) is 5.71. The maximum atomic E-state index is 12.8. The van der Waals surface area contributed by atoms with Crippen LogP contribution in [0.4, 0.5) is 5.69 Å². The van der Waals surface area contributed by atoms with Gasteiger partial charge in [0.05, 0.1) is 10.9 Å². The van der Waals surface area contributed by atoms with E-state index in [0.29, 0.717) is 36.8 Å². The lowest BCUT2D eigenvalue weighted by atomic mass is 10.1. The number of fused-ring (bicyclic) bond motifs is 2. The summed E-state index contributed by atoms with van der Waals surface area (Å²) in [6, 6.07) is 11.1. The smallest absolute Gasteiger partial charge is 0.253 e. The van der Waals surface area contributed by atoms with Crippen molar-refractivity contribution >= 4 is 29.3 Å². The Bertz CT molecular complexity index is 915. The van der Waals surface area contributed by atoms with Crippen molar-refractivity contribution < 1.29 is 19.1 Å². The molecule has 140 valence electrons. The molecule has 0 unspecified atom stereocenters. The third kappa shape index (κ3) is 3.60. The minimum Gasteiger partial charge on any atom is -0.486 e. The van der Waals surface area contributed by atoms with Crippen LogP contribution in [0, 0.1) is 0 Å². The Kier molecular flexibility index (Phi) is 4.70. The van der Waals surface area contributed by atoms with Gasteiger partial charge in [-0.05, 0) is 42.8 Å². The van der Waals surface area contributed by atoms with E-state index in [1.165, 1.54) is 11.8 Å². The van der Waals surface area contributed by atoms with Crippen LogP contribution in [-0.2, 0) is 11.3 Å². The number of benzene rings is 2. The summed E-state index contributed by atoms with van der Waals surface area (Å²) < 4.78 is 11.1. The SMILES string of the molecule is C[C@@H]1Sc2ccc(C(=O)N(C)Cc3ccc4c(c3)OCCO4)cc2NC1=O. The molecule has 2 aliphatic heterocycles. The van der Waals surface area contributed by atoms with Crippen molar-refractivity contribution in [3.63, 3.8) is 0 Å². The molecule has 1 atom stereocenters. The molecular weight excluding hydrogens is 364 g/mol. The van der Waals surface area contributed by atoms with Crippen molar-refractivity contribution in [1.82, 2.24) is 4.90 Å². The van der Waals surface area contributed by atoms with E-state index in [1.54, 1.807) is 24.1 Å². The first-order valence-electron chi connectivity index (χ1n) is 8.77. The van der Waals surface area contributed by atoms with Gasteiger partial charge >= 0.3 is 0 Å². The lowest BCUT2D eigenvalue weighted by molar-refractivity contribution is -0.115. The minimum absolute atomic E-state index is 0.0401. The number of rotatable bonds is 3. The molecule has 4 rings (SSSR count). The number of thioether (sulfide) groups is 1. The zero-order chi connectivity index (χ0) is 19.0. The van der Waals surface area contributed by atoms with Crippen molar-refractivity contribution in [2.75, 3.05) is 25.6 Å². The highest BCUT2D eigenvalue weighted by Crippen LogP contribution is 2.36. The lowest BCUT2D eigenvalue weighted by Gasteiger charge is -2.23. The number of hydrogen-bond acceptors (Lipinski definition) is 5. The number of nitrogens with one attached hydrogen (secondary N) is 1. The van der Waals surface area contributed by atoms with Gasteiger partial charge in [0.25, 0.3) is 5.91 Å². The van der Waals surface area contributed by atoms with Gasteiger partial charge in [-0.25, -0.2) is 0 Å². The van der Waals surface area contributed by atoms with Crippen LogP contribution in [0.25, 0.3) is 0 Å². The molecule has 1 N–H and O–H groups in total. The quantitative estimate of drug-likeness (QED) is 0.880. The largest absolute Gasteiger partial charge is 0.486 e. The summed E-state index contributed by atoms with van der Waals surface area (Å²) in [5.74, 6) is 1.30. The van der Waals surface area contributed by atoms with Gasteiger partial charge in [-0.3, -0.25) is 9.59 Å². The Labute approximate surface area is 161 Å². The van der Waals surface area contributed by atoms with E-state index in [4.69, 9.17) is 9.47 Å². The van der Waals surface area contributed by atoms with Crippen LogP contribution >= 0.6 is 11.8 Å². The van der Waals surface area contributed by atoms with Crippen LogP contribution in [0.5, 0.6) is 11.5 Å². The van der Waals surface area contributed by atoms with Gasteiger partial charge in [0, 0.05) is 24.1 Å². The van der Waals surface area contributed by atoms with Gasteiger partial charge in [-0.15, -0.1) is 11.8 Å². The Balaban J connectivity index is 1.49. The predicted molar refractivity (Wildman–Crippen MR) is 104 cm³/mol. The van der Waals surface area contributed by atoms with Gasteiger partial charge in [-0.1, -0.05) is 6.07 Å². The van der Waals surface area contributed by atoms with E-state index < -0.39 is 0 Å². The molecule has 2 aromatic rings. The van der Waals surface area contributed by atoms with Crippen molar-refractivity contribution in [3.8, 4) is 11.5 Å². The first-order chi connectivity index (χ1) is 13.0. The molecule has 0 saturated heterocycles. The zero-order valence-corrected chi connectivity index (χ0v) is 16.0. The van der Waals surface area contributed by atoms with Crippen molar-refractivity contribution in [1.29, 1.82) is 0 Å². The highest BCUT2D eigenvalue weighted by Gasteiger charge is 2.24. The molecule has 0 spiro atoms. The maximum absolute atomic E-state index is 12.8. The van der Waals surface area contributed by atoms with E-state index in [-0.39, 0.29) is 17.1 Å². The molecule has 0 fully saturated rings. The molecule has 7 heteroatoms. The summed E-state index contributed by atoms with van der Waals surface area (Å²) in [4.78, 5) is 27.3. The number of amides is 2. The highest BCUT2D eigenvalue weighted by molar-refractivity contribution is 8.00.